The monoisotopic (exact) mass is 386 g/mol. The highest BCUT2D eigenvalue weighted by atomic mass is 16.6. The third-order valence-electron chi connectivity index (χ3n) is 2.23. The minimum absolute atomic E-state index is 0.500. The molecule has 26 heavy (non-hydrogen) atoms. The van der Waals surface area contributed by atoms with Crippen molar-refractivity contribution in [3.8, 4) is 0 Å². The first-order valence-corrected chi connectivity index (χ1v) is 8.09. The average Bonchev–Trinajstić information content (AvgIpc) is 2.54. The van der Waals surface area contributed by atoms with Crippen molar-refractivity contribution in [2.75, 3.05) is 93.4 Å². The molecule has 1 aliphatic heterocycles. The standard InChI is InChI=1S/C12H24O6.2CH3NO2/c1-2-14-5-6-16-9-10-18-12-11-17-8-7-15-4-3-13-1;2*1-2(3)4/h1-12H2;2*1H3. The summed E-state index contributed by atoms with van der Waals surface area (Å²) in [6.07, 6.45) is 0. The SMILES string of the molecule is C1COCCOCCOCCOCCOCCO1.C[N+](=O)[O-].C[N+](=O)[O-]. The van der Waals surface area contributed by atoms with E-state index in [0.717, 1.165) is 14.1 Å². The van der Waals surface area contributed by atoms with Crippen LogP contribution in [0.4, 0.5) is 0 Å². The molecule has 0 aromatic carbocycles. The summed E-state index contributed by atoms with van der Waals surface area (Å²) in [5, 5.41) is 17.6. The van der Waals surface area contributed by atoms with Gasteiger partial charge in [-0.2, -0.15) is 0 Å². The van der Waals surface area contributed by atoms with Gasteiger partial charge >= 0.3 is 0 Å². The topological polar surface area (TPSA) is 142 Å². The summed E-state index contributed by atoms with van der Waals surface area (Å²) >= 11 is 0. The molecular formula is C14H30N2O10. The first-order chi connectivity index (χ1) is 12.5. The summed E-state index contributed by atoms with van der Waals surface area (Å²) in [5.41, 5.74) is 0. The number of ether oxygens (including phenoxy) is 6. The maximum absolute atomic E-state index is 8.81. The van der Waals surface area contributed by atoms with E-state index in [2.05, 4.69) is 0 Å². The van der Waals surface area contributed by atoms with Gasteiger partial charge in [-0.1, -0.05) is 0 Å². The molecule has 0 unspecified atom stereocenters. The second-order valence-corrected chi connectivity index (χ2v) is 4.55. The van der Waals surface area contributed by atoms with E-state index in [1.165, 1.54) is 0 Å². The number of nitrogens with zero attached hydrogens (tertiary/aromatic N) is 2. The van der Waals surface area contributed by atoms with E-state index >= 15 is 0 Å². The molecule has 1 saturated heterocycles. The average molecular weight is 386 g/mol. The lowest BCUT2D eigenvalue weighted by atomic mass is 10.6. The molecule has 1 heterocycles. The third-order valence-corrected chi connectivity index (χ3v) is 2.23. The number of hydrogen-bond donors (Lipinski definition) is 0. The number of rotatable bonds is 0. The van der Waals surface area contributed by atoms with Crippen LogP contribution in [0.1, 0.15) is 0 Å². The highest BCUT2D eigenvalue weighted by Gasteiger charge is 1.95. The Morgan fingerprint density at radius 2 is 0.538 bits per heavy atom. The maximum Gasteiger partial charge on any atom is 0.194 e. The maximum atomic E-state index is 8.81. The molecule has 0 aromatic heterocycles. The van der Waals surface area contributed by atoms with E-state index in [0.29, 0.717) is 79.3 Å². The lowest BCUT2D eigenvalue weighted by molar-refractivity contribution is -0.445. The van der Waals surface area contributed by atoms with Gasteiger partial charge in [-0.3, -0.25) is 20.2 Å². The van der Waals surface area contributed by atoms with E-state index in [4.69, 9.17) is 48.6 Å². The van der Waals surface area contributed by atoms with E-state index in [1.807, 2.05) is 0 Å². The van der Waals surface area contributed by atoms with E-state index in [9.17, 15) is 0 Å². The Bertz CT molecular complexity index is 225. The normalized spacial score (nSPS) is 18.5. The first kappa shape index (κ1) is 26.8. The smallest absolute Gasteiger partial charge is 0.194 e. The third kappa shape index (κ3) is 38.2. The molecule has 0 amide bonds. The molecule has 0 radical (unpaired) electrons. The molecule has 0 N–H and O–H groups in total. The van der Waals surface area contributed by atoms with Gasteiger partial charge in [0.2, 0.25) is 0 Å². The lowest BCUT2D eigenvalue weighted by Crippen LogP contribution is -2.16. The fraction of sp³-hybridized carbons (Fsp3) is 1.00. The zero-order chi connectivity index (χ0) is 19.9. The van der Waals surface area contributed by atoms with Crippen LogP contribution in [0.5, 0.6) is 0 Å². The van der Waals surface area contributed by atoms with Gasteiger partial charge in [0, 0.05) is 9.85 Å². The fourth-order valence-corrected chi connectivity index (χ4v) is 1.32. The van der Waals surface area contributed by atoms with Crippen LogP contribution in [-0.4, -0.2) is 103 Å². The second-order valence-electron chi connectivity index (χ2n) is 4.55. The molecule has 0 bridgehead atoms. The summed E-state index contributed by atoms with van der Waals surface area (Å²) < 4.78 is 32.0. The van der Waals surface area contributed by atoms with E-state index in [1.54, 1.807) is 0 Å². The zero-order valence-corrected chi connectivity index (χ0v) is 15.5. The molecule has 12 nitrogen and oxygen atoms in total. The molecule has 156 valence electrons. The largest absolute Gasteiger partial charge is 0.377 e. The van der Waals surface area contributed by atoms with Crippen molar-refractivity contribution >= 4 is 0 Å². The van der Waals surface area contributed by atoms with Crippen LogP contribution in [0, 0.1) is 20.2 Å². The predicted octanol–water partition coefficient (Wildman–Crippen LogP) is -0.115. The van der Waals surface area contributed by atoms with Crippen LogP contribution in [-0.2, 0) is 28.4 Å². The van der Waals surface area contributed by atoms with Gasteiger partial charge in [0.25, 0.3) is 0 Å². The van der Waals surface area contributed by atoms with Crippen molar-refractivity contribution in [1.29, 1.82) is 0 Å². The van der Waals surface area contributed by atoms with Gasteiger partial charge in [-0.15, -0.1) is 0 Å². The molecule has 1 aliphatic rings. The van der Waals surface area contributed by atoms with Crippen molar-refractivity contribution < 1.29 is 38.3 Å². The van der Waals surface area contributed by atoms with Crippen LogP contribution in [0.15, 0.2) is 0 Å². The number of nitro groups is 2. The van der Waals surface area contributed by atoms with Gasteiger partial charge in [0.15, 0.2) is 14.1 Å². The van der Waals surface area contributed by atoms with Gasteiger partial charge in [0.05, 0.1) is 79.3 Å². The van der Waals surface area contributed by atoms with Crippen LogP contribution in [0.25, 0.3) is 0 Å². The van der Waals surface area contributed by atoms with Crippen molar-refractivity contribution in [3.63, 3.8) is 0 Å². The molecule has 0 atom stereocenters. The summed E-state index contributed by atoms with van der Waals surface area (Å²) in [7, 11) is 1.78. The van der Waals surface area contributed by atoms with Crippen LogP contribution in [0.3, 0.4) is 0 Å². The Labute approximate surface area is 152 Å². The van der Waals surface area contributed by atoms with Gasteiger partial charge in [0.1, 0.15) is 0 Å². The summed E-state index contributed by atoms with van der Waals surface area (Å²) in [4.78, 5) is 16.6. The van der Waals surface area contributed by atoms with Crippen molar-refractivity contribution in [2.45, 2.75) is 0 Å². The quantitative estimate of drug-likeness (QED) is 0.408. The Morgan fingerprint density at radius 3 is 0.615 bits per heavy atom. The highest BCUT2D eigenvalue weighted by molar-refractivity contribution is 4.38. The molecule has 0 saturated carbocycles. The molecule has 1 fully saturated rings. The van der Waals surface area contributed by atoms with Gasteiger partial charge < -0.3 is 28.4 Å². The molecule has 0 aliphatic carbocycles. The molecule has 0 spiro atoms. The zero-order valence-electron chi connectivity index (χ0n) is 15.5. The predicted molar refractivity (Wildman–Crippen MR) is 90.8 cm³/mol. The molecule has 1 rings (SSSR count). The molecule has 12 heteroatoms. The van der Waals surface area contributed by atoms with Crippen molar-refractivity contribution in [3.05, 3.63) is 20.2 Å². The molecule has 0 aromatic rings. The minimum atomic E-state index is -0.500. The second kappa shape index (κ2) is 23.6. The van der Waals surface area contributed by atoms with Crippen LogP contribution < -0.4 is 0 Å². The van der Waals surface area contributed by atoms with E-state index in [-0.39, 0.29) is 0 Å². The highest BCUT2D eigenvalue weighted by Crippen LogP contribution is 1.86. The van der Waals surface area contributed by atoms with Gasteiger partial charge in [-0.25, -0.2) is 0 Å². The number of hydrogen-bond acceptors (Lipinski definition) is 10. The van der Waals surface area contributed by atoms with Crippen molar-refractivity contribution in [1.82, 2.24) is 0 Å². The summed E-state index contributed by atoms with van der Waals surface area (Å²) in [6.45, 7) is 7.04. The van der Waals surface area contributed by atoms with Crippen molar-refractivity contribution in [2.24, 2.45) is 0 Å². The minimum Gasteiger partial charge on any atom is -0.377 e. The summed E-state index contributed by atoms with van der Waals surface area (Å²) in [6, 6.07) is 0. The Morgan fingerprint density at radius 1 is 0.462 bits per heavy atom. The molecular weight excluding hydrogens is 356 g/mol. The van der Waals surface area contributed by atoms with Crippen LogP contribution >= 0.6 is 0 Å². The Balaban J connectivity index is 0. The first-order valence-electron chi connectivity index (χ1n) is 8.09. The van der Waals surface area contributed by atoms with Crippen LogP contribution in [0.2, 0.25) is 0 Å². The Kier molecular flexibility index (Phi) is 24.3. The summed E-state index contributed by atoms with van der Waals surface area (Å²) in [5.74, 6) is 0. The lowest BCUT2D eigenvalue weighted by Gasteiger charge is -2.09. The van der Waals surface area contributed by atoms with E-state index < -0.39 is 9.85 Å². The fourth-order valence-electron chi connectivity index (χ4n) is 1.32. The van der Waals surface area contributed by atoms with Gasteiger partial charge in [-0.05, 0) is 0 Å². The Hall–Kier alpha value is -1.44.